The fourth-order valence-electron chi connectivity index (χ4n) is 3.25. The van der Waals surface area contributed by atoms with Crippen LogP contribution < -0.4 is 10.2 Å². The highest BCUT2D eigenvalue weighted by Crippen LogP contribution is 2.27. The molecule has 1 saturated heterocycles. The number of anilines is 1. The van der Waals surface area contributed by atoms with E-state index in [4.69, 9.17) is 0 Å². The SMILES string of the molecule is CCCC1CCCCN1c1ccnc(CNC2CC2)c1. The van der Waals surface area contributed by atoms with Crippen molar-refractivity contribution in [3.63, 3.8) is 0 Å². The van der Waals surface area contributed by atoms with E-state index in [0.29, 0.717) is 0 Å². The van der Waals surface area contributed by atoms with Crippen molar-refractivity contribution in [3.8, 4) is 0 Å². The van der Waals surface area contributed by atoms with Crippen LogP contribution in [-0.2, 0) is 6.54 Å². The molecule has 1 atom stereocenters. The molecule has 3 heteroatoms. The molecule has 1 aliphatic carbocycles. The zero-order chi connectivity index (χ0) is 13.8. The molecule has 3 rings (SSSR count). The first-order chi connectivity index (χ1) is 9.86. The molecule has 1 aromatic heterocycles. The summed E-state index contributed by atoms with van der Waals surface area (Å²) in [5, 5.41) is 3.56. The maximum atomic E-state index is 4.52. The monoisotopic (exact) mass is 273 g/mol. The Kier molecular flexibility index (Phi) is 4.56. The number of rotatable bonds is 6. The highest BCUT2D eigenvalue weighted by molar-refractivity contribution is 5.48. The smallest absolute Gasteiger partial charge is 0.0562 e. The van der Waals surface area contributed by atoms with Crippen LogP contribution in [0.4, 0.5) is 5.69 Å². The van der Waals surface area contributed by atoms with Gasteiger partial charge in [-0.1, -0.05) is 13.3 Å². The van der Waals surface area contributed by atoms with Gasteiger partial charge in [0.1, 0.15) is 0 Å². The predicted octanol–water partition coefficient (Wildman–Crippen LogP) is 3.49. The van der Waals surface area contributed by atoms with Crippen molar-refractivity contribution >= 4 is 5.69 Å². The van der Waals surface area contributed by atoms with Gasteiger partial charge in [0.2, 0.25) is 0 Å². The van der Waals surface area contributed by atoms with Gasteiger partial charge in [0.25, 0.3) is 0 Å². The van der Waals surface area contributed by atoms with E-state index in [0.717, 1.165) is 18.6 Å². The second-order valence-corrected chi connectivity index (χ2v) is 6.29. The average Bonchev–Trinajstić information content (AvgIpc) is 3.31. The Balaban J connectivity index is 1.68. The van der Waals surface area contributed by atoms with E-state index >= 15 is 0 Å². The van der Waals surface area contributed by atoms with Gasteiger partial charge in [-0.2, -0.15) is 0 Å². The van der Waals surface area contributed by atoms with Gasteiger partial charge in [-0.3, -0.25) is 4.98 Å². The first-order valence-corrected chi connectivity index (χ1v) is 8.32. The molecular formula is C17H27N3. The summed E-state index contributed by atoms with van der Waals surface area (Å²) in [5.41, 5.74) is 2.57. The molecule has 1 unspecified atom stereocenters. The second-order valence-electron chi connectivity index (χ2n) is 6.29. The molecular weight excluding hydrogens is 246 g/mol. The topological polar surface area (TPSA) is 28.2 Å². The van der Waals surface area contributed by atoms with Crippen LogP contribution in [0.5, 0.6) is 0 Å². The molecule has 2 fully saturated rings. The standard InChI is InChI=1S/C17H27N3/c1-2-5-16-6-3-4-11-20(16)17-9-10-18-15(12-17)13-19-14-7-8-14/h9-10,12,14,16,19H,2-8,11,13H2,1H3. The van der Waals surface area contributed by atoms with Crippen LogP contribution >= 0.6 is 0 Å². The molecule has 1 aromatic rings. The third-order valence-electron chi connectivity index (χ3n) is 4.53. The molecule has 1 saturated carbocycles. The zero-order valence-corrected chi connectivity index (χ0v) is 12.6. The van der Waals surface area contributed by atoms with E-state index in [1.165, 1.54) is 62.9 Å². The van der Waals surface area contributed by atoms with Crippen LogP contribution in [0.1, 0.15) is 57.6 Å². The van der Waals surface area contributed by atoms with Gasteiger partial charge >= 0.3 is 0 Å². The minimum Gasteiger partial charge on any atom is -0.368 e. The first kappa shape index (κ1) is 13.9. The molecule has 0 bridgehead atoms. The van der Waals surface area contributed by atoms with Crippen molar-refractivity contribution in [2.45, 2.75) is 70.5 Å². The van der Waals surface area contributed by atoms with E-state index in [1.54, 1.807) is 0 Å². The van der Waals surface area contributed by atoms with Crippen LogP contribution in [0.15, 0.2) is 18.3 Å². The van der Waals surface area contributed by atoms with E-state index in [2.05, 4.69) is 34.3 Å². The lowest BCUT2D eigenvalue weighted by Crippen LogP contribution is -2.39. The summed E-state index contributed by atoms with van der Waals surface area (Å²) in [5.74, 6) is 0. The maximum Gasteiger partial charge on any atom is 0.0562 e. The molecule has 0 aromatic carbocycles. The van der Waals surface area contributed by atoms with Crippen LogP contribution in [0.25, 0.3) is 0 Å². The van der Waals surface area contributed by atoms with Gasteiger partial charge in [-0.25, -0.2) is 0 Å². The molecule has 0 amide bonds. The van der Waals surface area contributed by atoms with Gasteiger partial charge in [-0.05, 0) is 50.7 Å². The molecule has 0 radical (unpaired) electrons. The quantitative estimate of drug-likeness (QED) is 0.860. The van der Waals surface area contributed by atoms with E-state index in [-0.39, 0.29) is 0 Å². The molecule has 0 spiro atoms. The van der Waals surface area contributed by atoms with E-state index in [9.17, 15) is 0 Å². The highest BCUT2D eigenvalue weighted by Gasteiger charge is 2.23. The summed E-state index contributed by atoms with van der Waals surface area (Å²) in [6.07, 6.45) is 11.3. The Bertz CT molecular complexity index is 426. The summed E-state index contributed by atoms with van der Waals surface area (Å²) < 4.78 is 0. The Morgan fingerprint density at radius 2 is 2.20 bits per heavy atom. The Hall–Kier alpha value is -1.09. The molecule has 2 aliphatic rings. The average molecular weight is 273 g/mol. The van der Waals surface area contributed by atoms with Crippen molar-refractivity contribution in [3.05, 3.63) is 24.0 Å². The second kappa shape index (κ2) is 6.57. The van der Waals surface area contributed by atoms with Gasteiger partial charge < -0.3 is 10.2 Å². The number of pyridine rings is 1. The van der Waals surface area contributed by atoms with Crippen molar-refractivity contribution in [2.75, 3.05) is 11.4 Å². The first-order valence-electron chi connectivity index (χ1n) is 8.32. The summed E-state index contributed by atoms with van der Waals surface area (Å²) in [7, 11) is 0. The van der Waals surface area contributed by atoms with E-state index in [1.807, 2.05) is 6.20 Å². The predicted molar refractivity (Wildman–Crippen MR) is 84.0 cm³/mol. The molecule has 2 heterocycles. The summed E-state index contributed by atoms with van der Waals surface area (Å²) in [6, 6.07) is 5.97. The number of hydrogen-bond donors (Lipinski definition) is 1. The Labute approximate surface area is 122 Å². The van der Waals surface area contributed by atoms with Crippen molar-refractivity contribution in [1.29, 1.82) is 0 Å². The summed E-state index contributed by atoms with van der Waals surface area (Å²) in [6.45, 7) is 4.43. The number of piperidine rings is 1. The van der Waals surface area contributed by atoms with E-state index < -0.39 is 0 Å². The van der Waals surface area contributed by atoms with Gasteiger partial charge in [0.15, 0.2) is 0 Å². The third kappa shape index (κ3) is 3.51. The van der Waals surface area contributed by atoms with Gasteiger partial charge in [-0.15, -0.1) is 0 Å². The Morgan fingerprint density at radius 1 is 1.30 bits per heavy atom. The minimum atomic E-state index is 0.736. The third-order valence-corrected chi connectivity index (χ3v) is 4.53. The maximum absolute atomic E-state index is 4.52. The number of hydrogen-bond acceptors (Lipinski definition) is 3. The van der Waals surface area contributed by atoms with Crippen molar-refractivity contribution in [1.82, 2.24) is 10.3 Å². The number of nitrogens with zero attached hydrogens (tertiary/aromatic N) is 2. The lowest BCUT2D eigenvalue weighted by Gasteiger charge is -2.37. The van der Waals surface area contributed by atoms with Crippen LogP contribution in [0.3, 0.4) is 0 Å². The van der Waals surface area contributed by atoms with Crippen LogP contribution in [0, 0.1) is 0 Å². The fourth-order valence-corrected chi connectivity index (χ4v) is 3.25. The Morgan fingerprint density at radius 3 is 3.00 bits per heavy atom. The molecule has 1 N–H and O–H groups in total. The van der Waals surface area contributed by atoms with Gasteiger partial charge in [0.05, 0.1) is 5.69 Å². The van der Waals surface area contributed by atoms with Gasteiger partial charge in [0, 0.05) is 37.1 Å². The molecule has 1 aliphatic heterocycles. The lowest BCUT2D eigenvalue weighted by atomic mass is 9.97. The normalized spacial score (nSPS) is 23.1. The summed E-state index contributed by atoms with van der Waals surface area (Å²) in [4.78, 5) is 7.14. The summed E-state index contributed by atoms with van der Waals surface area (Å²) >= 11 is 0. The van der Waals surface area contributed by atoms with Crippen molar-refractivity contribution in [2.24, 2.45) is 0 Å². The molecule has 110 valence electrons. The lowest BCUT2D eigenvalue weighted by molar-refractivity contribution is 0.434. The van der Waals surface area contributed by atoms with Crippen LogP contribution in [-0.4, -0.2) is 23.6 Å². The molecule has 3 nitrogen and oxygen atoms in total. The molecule has 20 heavy (non-hydrogen) atoms. The zero-order valence-electron chi connectivity index (χ0n) is 12.6. The number of nitrogens with one attached hydrogen (secondary N) is 1. The number of aromatic nitrogens is 1. The highest BCUT2D eigenvalue weighted by atomic mass is 15.2. The minimum absolute atomic E-state index is 0.736. The van der Waals surface area contributed by atoms with Crippen LogP contribution in [0.2, 0.25) is 0 Å². The van der Waals surface area contributed by atoms with Crippen molar-refractivity contribution < 1.29 is 0 Å². The largest absolute Gasteiger partial charge is 0.368 e. The fraction of sp³-hybridized carbons (Fsp3) is 0.706.